The minimum absolute atomic E-state index is 1.20. The quantitative estimate of drug-likeness (QED) is 0.662. The molecule has 1 aliphatic carbocycles. The van der Waals surface area contributed by atoms with Gasteiger partial charge in [-0.25, -0.2) is 0 Å². The van der Waals surface area contributed by atoms with Gasteiger partial charge in [0.2, 0.25) is 0 Å². The first-order valence-corrected chi connectivity index (χ1v) is 5.07. The molecule has 0 fully saturated rings. The smallest absolute Gasteiger partial charge is 0.0533 e. The second kappa shape index (κ2) is 3.28. The van der Waals surface area contributed by atoms with Crippen LogP contribution in [-0.4, -0.2) is 0 Å². The topological polar surface area (TPSA) is 12.0 Å². The van der Waals surface area contributed by atoms with Crippen LogP contribution in [0.3, 0.4) is 0 Å². The van der Waals surface area contributed by atoms with Gasteiger partial charge in [-0.15, -0.1) is 0 Å². The molecule has 1 N–H and O–H groups in total. The Hall–Kier alpha value is -2.02. The first-order chi connectivity index (χ1) is 7.45. The summed E-state index contributed by atoms with van der Waals surface area (Å²) in [6.07, 6.45) is 16.6. The minimum atomic E-state index is 1.20. The van der Waals surface area contributed by atoms with E-state index in [1.165, 1.54) is 21.7 Å². The van der Waals surface area contributed by atoms with Crippen molar-refractivity contribution >= 4 is 23.9 Å². The predicted octanol–water partition coefficient (Wildman–Crippen LogP) is 1.77. The maximum absolute atomic E-state index is 3.31. The Morgan fingerprint density at radius 2 is 1.67 bits per heavy atom. The number of nitrogens with one attached hydrogen (secondary N) is 1. The lowest BCUT2D eigenvalue weighted by Crippen LogP contribution is -2.19. The maximum Gasteiger partial charge on any atom is 0.0533 e. The van der Waals surface area contributed by atoms with Crippen LogP contribution in [0.4, 0.5) is 5.69 Å². The van der Waals surface area contributed by atoms with E-state index in [0.717, 1.165) is 0 Å². The zero-order chi connectivity index (χ0) is 10.1. The van der Waals surface area contributed by atoms with E-state index in [1.807, 2.05) is 12.3 Å². The molecule has 0 unspecified atom stereocenters. The number of fused-ring (bicyclic) bond motifs is 3. The molecule has 0 aromatic heterocycles. The molecule has 72 valence electrons. The third kappa shape index (κ3) is 1.33. The Morgan fingerprint density at radius 3 is 2.67 bits per heavy atom. The fourth-order valence-electron chi connectivity index (χ4n) is 1.94. The molecular weight excluding hydrogens is 182 g/mol. The number of rotatable bonds is 0. The van der Waals surface area contributed by atoms with E-state index < -0.39 is 0 Å². The number of hydrogen-bond donors (Lipinski definition) is 1. The number of hydrogen-bond acceptors (Lipinski definition) is 1. The van der Waals surface area contributed by atoms with Crippen LogP contribution in [0.1, 0.15) is 5.56 Å². The van der Waals surface area contributed by atoms with Crippen molar-refractivity contribution < 1.29 is 0 Å². The Kier molecular flexibility index (Phi) is 1.82. The highest BCUT2D eigenvalue weighted by Gasteiger charge is 2.04. The van der Waals surface area contributed by atoms with Crippen LogP contribution in [-0.2, 0) is 0 Å². The van der Waals surface area contributed by atoms with Gasteiger partial charge in [-0.05, 0) is 16.5 Å². The highest BCUT2D eigenvalue weighted by atomic mass is 14.8. The molecule has 0 saturated carbocycles. The largest absolute Gasteiger partial charge is 0.361 e. The zero-order valence-electron chi connectivity index (χ0n) is 8.27. The van der Waals surface area contributed by atoms with E-state index in [-0.39, 0.29) is 0 Å². The van der Waals surface area contributed by atoms with Gasteiger partial charge in [0.15, 0.2) is 0 Å². The third-order valence-electron chi connectivity index (χ3n) is 2.67. The van der Waals surface area contributed by atoms with Crippen molar-refractivity contribution in [2.45, 2.75) is 0 Å². The van der Waals surface area contributed by atoms with Gasteiger partial charge in [0.05, 0.1) is 5.69 Å². The third-order valence-corrected chi connectivity index (χ3v) is 2.67. The minimum Gasteiger partial charge on any atom is -0.361 e. The summed E-state index contributed by atoms with van der Waals surface area (Å²) in [5.41, 5.74) is 2.46. The summed E-state index contributed by atoms with van der Waals surface area (Å²) in [6, 6.07) is 4.31. The van der Waals surface area contributed by atoms with E-state index in [4.69, 9.17) is 0 Å². The summed E-state index contributed by atoms with van der Waals surface area (Å²) >= 11 is 0. The molecule has 1 nitrogen and oxygen atoms in total. The first kappa shape index (κ1) is 8.30. The first-order valence-electron chi connectivity index (χ1n) is 5.07. The Balaban J connectivity index is 2.41. The predicted molar refractivity (Wildman–Crippen MR) is 65.6 cm³/mol. The van der Waals surface area contributed by atoms with Crippen molar-refractivity contribution in [1.29, 1.82) is 0 Å². The van der Waals surface area contributed by atoms with Crippen LogP contribution in [0, 0.1) is 0 Å². The molecule has 0 amide bonds. The van der Waals surface area contributed by atoms with Crippen molar-refractivity contribution in [2.75, 3.05) is 5.32 Å². The molecule has 1 heteroatoms. The van der Waals surface area contributed by atoms with E-state index in [1.54, 1.807) is 0 Å². The van der Waals surface area contributed by atoms with Gasteiger partial charge in [0.25, 0.3) is 0 Å². The lowest BCUT2D eigenvalue weighted by molar-refractivity contribution is 1.45. The highest BCUT2D eigenvalue weighted by Crippen LogP contribution is 2.11. The Labute approximate surface area is 88.4 Å². The number of anilines is 1. The average molecular weight is 193 g/mol. The summed E-state index contributed by atoms with van der Waals surface area (Å²) in [5.74, 6) is 0. The monoisotopic (exact) mass is 193 g/mol. The average Bonchev–Trinajstić information content (AvgIpc) is 2.54. The van der Waals surface area contributed by atoms with Gasteiger partial charge in [-0.3, -0.25) is 0 Å². The van der Waals surface area contributed by atoms with Gasteiger partial charge in [0, 0.05) is 11.8 Å². The molecule has 1 aromatic carbocycles. The molecular formula is C14H11N. The Morgan fingerprint density at radius 1 is 0.800 bits per heavy atom. The van der Waals surface area contributed by atoms with Crippen molar-refractivity contribution in [3.63, 3.8) is 0 Å². The highest BCUT2D eigenvalue weighted by molar-refractivity contribution is 5.74. The summed E-state index contributed by atoms with van der Waals surface area (Å²) in [4.78, 5) is 0. The van der Waals surface area contributed by atoms with Crippen LogP contribution >= 0.6 is 0 Å². The van der Waals surface area contributed by atoms with Gasteiger partial charge < -0.3 is 5.32 Å². The maximum atomic E-state index is 3.31. The van der Waals surface area contributed by atoms with Crippen molar-refractivity contribution in [3.05, 3.63) is 58.6 Å². The standard InChI is InChI=1S/C14H11N/c1-2-5-11-8-9-12-6-4-10-15-14(12)13(11)7-3-1/h1-10,15H. The molecule has 1 aliphatic heterocycles. The molecule has 2 aliphatic rings. The molecule has 1 heterocycles. The number of benzene rings is 1. The van der Waals surface area contributed by atoms with Gasteiger partial charge in [-0.2, -0.15) is 0 Å². The lowest BCUT2D eigenvalue weighted by Gasteiger charge is -2.10. The van der Waals surface area contributed by atoms with Crippen LogP contribution in [0.5, 0.6) is 0 Å². The van der Waals surface area contributed by atoms with Crippen molar-refractivity contribution in [2.24, 2.45) is 0 Å². The summed E-state index contributed by atoms with van der Waals surface area (Å²) < 4.78 is 0. The van der Waals surface area contributed by atoms with E-state index in [0.29, 0.717) is 0 Å². The van der Waals surface area contributed by atoms with E-state index >= 15 is 0 Å². The molecule has 0 atom stereocenters. The van der Waals surface area contributed by atoms with Crippen LogP contribution < -0.4 is 15.8 Å². The fourth-order valence-corrected chi connectivity index (χ4v) is 1.94. The summed E-state index contributed by atoms with van der Waals surface area (Å²) in [7, 11) is 0. The van der Waals surface area contributed by atoms with Crippen LogP contribution in [0.2, 0.25) is 0 Å². The molecule has 0 saturated heterocycles. The summed E-state index contributed by atoms with van der Waals surface area (Å²) in [6.45, 7) is 0. The molecule has 3 rings (SSSR count). The van der Waals surface area contributed by atoms with Gasteiger partial charge in [0.1, 0.15) is 0 Å². The van der Waals surface area contributed by atoms with E-state index in [9.17, 15) is 0 Å². The second-order valence-corrected chi connectivity index (χ2v) is 3.61. The molecule has 0 bridgehead atoms. The normalized spacial score (nSPS) is 15.5. The van der Waals surface area contributed by atoms with Gasteiger partial charge in [-0.1, -0.05) is 48.6 Å². The second-order valence-electron chi connectivity index (χ2n) is 3.61. The Bertz CT molecular complexity index is 601. The van der Waals surface area contributed by atoms with Crippen molar-refractivity contribution in [3.8, 4) is 0 Å². The molecule has 0 radical (unpaired) electrons. The fraction of sp³-hybridized carbons (Fsp3) is 0. The molecule has 1 aromatic rings. The van der Waals surface area contributed by atoms with Crippen LogP contribution in [0.15, 0.2) is 42.6 Å². The molecule has 15 heavy (non-hydrogen) atoms. The van der Waals surface area contributed by atoms with E-state index in [2.05, 4.69) is 53.9 Å². The van der Waals surface area contributed by atoms with Crippen molar-refractivity contribution in [1.82, 2.24) is 0 Å². The number of allylic oxidation sites excluding steroid dienone is 4. The zero-order valence-corrected chi connectivity index (χ0v) is 8.27. The van der Waals surface area contributed by atoms with Gasteiger partial charge >= 0.3 is 0 Å². The SMILES string of the molecule is C1=CC=c2ccc3c(c2C=C1)NC=CC=3. The molecule has 0 spiro atoms. The van der Waals surface area contributed by atoms with Crippen LogP contribution in [0.25, 0.3) is 18.2 Å². The summed E-state index contributed by atoms with van der Waals surface area (Å²) in [5, 5.41) is 5.81. The lowest BCUT2D eigenvalue weighted by atomic mass is 10.1.